The standard InChI is InChI=1S/C48H46N4O2S2/c1-8-45(53)51-24-41(35-13-9-11-15-37(35)46-28(2)17-19-49-32(46)6)40-23-34(56-44(40)26-51)21-30(4)48(54)52-25-42(39-22-31(5)55-43(39)27-52)36-14-10-12-16-38(36)47-29(3)18-20-50-33(47)7/h8-20,22-23,41-42H,1,4,21,24-27H2,2-3,5-7H3/t41-,42+/m0/s1. The minimum atomic E-state index is -0.0836. The maximum Gasteiger partial charge on any atom is 0.249 e. The van der Waals surface area contributed by atoms with E-state index in [0.29, 0.717) is 38.2 Å². The lowest BCUT2D eigenvalue weighted by molar-refractivity contribution is -0.128. The van der Waals surface area contributed by atoms with Gasteiger partial charge in [0.25, 0.3) is 0 Å². The lowest BCUT2D eigenvalue weighted by Gasteiger charge is -2.34. The molecule has 0 spiro atoms. The van der Waals surface area contributed by atoms with Crippen LogP contribution in [-0.2, 0) is 29.1 Å². The monoisotopic (exact) mass is 774 g/mol. The molecule has 8 rings (SSSR count). The predicted molar refractivity (Wildman–Crippen MR) is 229 cm³/mol. The molecule has 0 saturated heterocycles. The summed E-state index contributed by atoms with van der Waals surface area (Å²) >= 11 is 3.46. The molecule has 6 heterocycles. The fourth-order valence-electron chi connectivity index (χ4n) is 8.87. The highest BCUT2D eigenvalue weighted by molar-refractivity contribution is 7.12. The Morgan fingerprint density at radius 1 is 0.714 bits per heavy atom. The molecule has 0 N–H and O–H groups in total. The Balaban J connectivity index is 1.10. The number of aryl methyl sites for hydroxylation is 5. The average Bonchev–Trinajstić information content (AvgIpc) is 3.78. The number of aromatic nitrogens is 2. The number of rotatable bonds is 8. The van der Waals surface area contributed by atoms with Crippen molar-refractivity contribution in [2.75, 3.05) is 13.1 Å². The molecule has 6 nitrogen and oxygen atoms in total. The first-order chi connectivity index (χ1) is 27.0. The second-order valence-electron chi connectivity index (χ2n) is 15.2. The van der Waals surface area contributed by atoms with Crippen LogP contribution in [0, 0.1) is 34.6 Å². The third-order valence-electron chi connectivity index (χ3n) is 11.5. The highest BCUT2D eigenvalue weighted by Gasteiger charge is 2.35. The summed E-state index contributed by atoms with van der Waals surface area (Å²) in [4.78, 5) is 45.5. The molecular weight excluding hydrogens is 729 g/mol. The molecule has 56 heavy (non-hydrogen) atoms. The fourth-order valence-corrected chi connectivity index (χ4v) is 11.3. The quantitative estimate of drug-likeness (QED) is 0.145. The first kappa shape index (κ1) is 37.5. The number of hydrogen-bond acceptors (Lipinski definition) is 6. The molecule has 2 aromatic carbocycles. The van der Waals surface area contributed by atoms with E-state index < -0.39 is 0 Å². The number of carbonyl (C=O) groups excluding carboxylic acids is 2. The van der Waals surface area contributed by atoms with E-state index in [4.69, 9.17) is 0 Å². The van der Waals surface area contributed by atoms with E-state index in [1.165, 1.54) is 43.6 Å². The zero-order valence-electron chi connectivity index (χ0n) is 32.7. The van der Waals surface area contributed by atoms with Gasteiger partial charge in [0, 0.05) is 91.3 Å². The van der Waals surface area contributed by atoms with Gasteiger partial charge in [-0.25, -0.2) is 0 Å². The van der Waals surface area contributed by atoms with Crippen molar-refractivity contribution in [3.8, 4) is 22.3 Å². The van der Waals surface area contributed by atoms with Crippen LogP contribution in [0.3, 0.4) is 0 Å². The van der Waals surface area contributed by atoms with E-state index in [1.807, 2.05) is 22.2 Å². The third-order valence-corrected chi connectivity index (χ3v) is 13.6. The van der Waals surface area contributed by atoms with Crippen LogP contribution in [0.1, 0.15) is 76.1 Å². The molecule has 0 unspecified atom stereocenters. The van der Waals surface area contributed by atoms with Gasteiger partial charge in [-0.15, -0.1) is 22.7 Å². The van der Waals surface area contributed by atoms with Gasteiger partial charge in [0.15, 0.2) is 0 Å². The first-order valence-corrected chi connectivity index (χ1v) is 20.8. The van der Waals surface area contributed by atoms with Gasteiger partial charge in [-0.1, -0.05) is 61.7 Å². The summed E-state index contributed by atoms with van der Waals surface area (Å²) in [5, 5.41) is 0. The lowest BCUT2D eigenvalue weighted by Crippen LogP contribution is -2.39. The van der Waals surface area contributed by atoms with Crippen molar-refractivity contribution in [2.45, 2.75) is 66.0 Å². The van der Waals surface area contributed by atoms with Gasteiger partial charge in [0.2, 0.25) is 11.8 Å². The van der Waals surface area contributed by atoms with Gasteiger partial charge < -0.3 is 9.80 Å². The number of nitrogens with zero attached hydrogens (tertiary/aromatic N) is 4. The SMILES string of the molecule is C=CC(=O)N1Cc2sc(CC(=C)C(=O)N3Cc4sc(C)cc4[C@@H](c4ccccc4-c4c(C)ccnc4C)C3)cc2[C@H](c2ccccc2-c2c(C)ccnc2C)C1. The lowest BCUT2D eigenvalue weighted by atomic mass is 9.82. The molecule has 0 saturated carbocycles. The molecule has 0 fully saturated rings. The zero-order chi connectivity index (χ0) is 39.2. The van der Waals surface area contributed by atoms with E-state index in [2.05, 4.69) is 131 Å². The highest BCUT2D eigenvalue weighted by Crippen LogP contribution is 2.45. The Kier molecular flexibility index (Phi) is 10.2. The van der Waals surface area contributed by atoms with Gasteiger partial charge in [-0.05, 0) is 109 Å². The molecule has 0 radical (unpaired) electrons. The van der Waals surface area contributed by atoms with E-state index in [0.717, 1.165) is 49.0 Å². The fraction of sp³-hybridized carbons (Fsp3) is 0.250. The van der Waals surface area contributed by atoms with Gasteiger partial charge in [-0.3, -0.25) is 19.6 Å². The largest absolute Gasteiger partial charge is 0.333 e. The van der Waals surface area contributed by atoms with E-state index in [9.17, 15) is 9.59 Å². The summed E-state index contributed by atoms with van der Waals surface area (Å²) in [6, 6.07) is 25.8. The Hall–Kier alpha value is -5.44. The van der Waals surface area contributed by atoms with E-state index in [-0.39, 0.29) is 23.7 Å². The van der Waals surface area contributed by atoms with Gasteiger partial charge in [-0.2, -0.15) is 0 Å². The molecule has 2 aliphatic heterocycles. The summed E-state index contributed by atoms with van der Waals surface area (Å²) in [7, 11) is 0. The van der Waals surface area contributed by atoms with Crippen LogP contribution in [0.15, 0.2) is 110 Å². The minimum Gasteiger partial charge on any atom is -0.333 e. The van der Waals surface area contributed by atoms with Crippen molar-refractivity contribution in [3.05, 3.63) is 174 Å². The summed E-state index contributed by atoms with van der Waals surface area (Å²) in [5.74, 6) is -0.134. The molecular formula is C48H46N4O2S2. The first-order valence-electron chi connectivity index (χ1n) is 19.1. The van der Waals surface area contributed by atoms with E-state index in [1.54, 1.807) is 22.7 Å². The number of fused-ring (bicyclic) bond motifs is 2. The Morgan fingerprint density at radius 2 is 1.23 bits per heavy atom. The topological polar surface area (TPSA) is 66.4 Å². The van der Waals surface area contributed by atoms with E-state index >= 15 is 0 Å². The van der Waals surface area contributed by atoms with Gasteiger partial charge >= 0.3 is 0 Å². The van der Waals surface area contributed by atoms with Crippen molar-refractivity contribution in [1.82, 2.24) is 19.8 Å². The molecule has 0 aliphatic carbocycles. The molecule has 2 amide bonds. The number of thiophene rings is 2. The maximum absolute atomic E-state index is 14.5. The van der Waals surface area contributed by atoms with Gasteiger partial charge in [0.1, 0.15) is 0 Å². The van der Waals surface area contributed by atoms with Crippen LogP contribution in [-0.4, -0.2) is 44.7 Å². The summed E-state index contributed by atoms with van der Waals surface area (Å²) < 4.78 is 0. The molecule has 282 valence electrons. The molecule has 4 aromatic heterocycles. The number of pyridine rings is 2. The maximum atomic E-state index is 14.5. The van der Waals surface area contributed by atoms with Crippen LogP contribution in [0.25, 0.3) is 22.3 Å². The summed E-state index contributed by atoms with van der Waals surface area (Å²) in [6.45, 7) is 20.9. The number of carbonyl (C=O) groups is 2. The van der Waals surface area contributed by atoms with Crippen molar-refractivity contribution < 1.29 is 9.59 Å². The number of benzene rings is 2. The Morgan fingerprint density at radius 3 is 1.80 bits per heavy atom. The Labute approximate surface area is 337 Å². The van der Waals surface area contributed by atoms with Crippen molar-refractivity contribution in [3.63, 3.8) is 0 Å². The average molecular weight is 775 g/mol. The van der Waals surface area contributed by atoms with Crippen LogP contribution >= 0.6 is 22.7 Å². The van der Waals surface area contributed by atoms with Crippen LogP contribution < -0.4 is 0 Å². The van der Waals surface area contributed by atoms with Crippen molar-refractivity contribution in [1.29, 1.82) is 0 Å². The van der Waals surface area contributed by atoms with Crippen LogP contribution in [0.5, 0.6) is 0 Å². The molecule has 8 heteroatoms. The number of hydrogen-bond donors (Lipinski definition) is 0. The zero-order valence-corrected chi connectivity index (χ0v) is 34.3. The second-order valence-corrected chi connectivity index (χ2v) is 17.7. The molecule has 2 aliphatic rings. The second kappa shape index (κ2) is 15.2. The minimum absolute atomic E-state index is 0.0165. The van der Waals surface area contributed by atoms with Gasteiger partial charge in [0.05, 0.1) is 13.1 Å². The summed E-state index contributed by atoms with van der Waals surface area (Å²) in [6.07, 6.45) is 5.58. The normalized spacial score (nSPS) is 16.3. The Bertz CT molecular complexity index is 2500. The van der Waals surface area contributed by atoms with Crippen molar-refractivity contribution in [2.24, 2.45) is 0 Å². The molecule has 6 aromatic rings. The molecule has 0 bridgehead atoms. The third kappa shape index (κ3) is 6.86. The van der Waals surface area contributed by atoms with Crippen molar-refractivity contribution >= 4 is 34.5 Å². The highest BCUT2D eigenvalue weighted by atomic mass is 32.1. The number of amides is 2. The summed E-state index contributed by atoms with van der Waals surface area (Å²) in [5.41, 5.74) is 14.4. The predicted octanol–water partition coefficient (Wildman–Crippen LogP) is 10.4. The van der Waals surface area contributed by atoms with Crippen LogP contribution in [0.2, 0.25) is 0 Å². The smallest absolute Gasteiger partial charge is 0.249 e. The van der Waals surface area contributed by atoms with Crippen LogP contribution in [0.4, 0.5) is 0 Å². The molecule has 2 atom stereocenters.